The molecule has 1 aliphatic rings. The molecule has 0 atom stereocenters. The number of aryl methyl sites for hydroxylation is 2. The molecule has 8 nitrogen and oxygen atoms in total. The number of thiazole rings is 1. The van der Waals surface area contributed by atoms with Crippen LogP contribution >= 0.6 is 11.3 Å². The fourth-order valence-electron chi connectivity index (χ4n) is 4.45. The lowest BCUT2D eigenvalue weighted by Gasteiger charge is -2.27. The number of fused-ring (bicyclic) bond motifs is 1. The predicted molar refractivity (Wildman–Crippen MR) is 154 cm³/mol. The Kier molecular flexibility index (Phi) is 9.54. The van der Waals surface area contributed by atoms with Gasteiger partial charge in [-0.05, 0) is 74.2 Å². The third kappa shape index (κ3) is 6.60. The van der Waals surface area contributed by atoms with Gasteiger partial charge in [0.25, 0.3) is 5.91 Å². The number of carbonyl (C=O) groups is 1. The molecule has 2 heterocycles. The third-order valence-electron chi connectivity index (χ3n) is 7.06. The van der Waals surface area contributed by atoms with E-state index in [1.165, 1.54) is 38.9 Å². The van der Waals surface area contributed by atoms with Gasteiger partial charge in [0.05, 0.1) is 28.3 Å². The number of aromatic nitrogens is 1. The molecule has 0 bridgehead atoms. The Bertz CT molecular complexity index is 1310. The number of hydrogen-bond donors (Lipinski definition) is 0. The maximum absolute atomic E-state index is 13.8. The summed E-state index contributed by atoms with van der Waals surface area (Å²) in [5.74, 6) is -0.178. The molecule has 1 aliphatic heterocycles. The van der Waals surface area contributed by atoms with Crippen molar-refractivity contribution in [3.8, 4) is 0 Å². The summed E-state index contributed by atoms with van der Waals surface area (Å²) in [5, 5.41) is 0.660. The lowest BCUT2D eigenvalue weighted by molar-refractivity contribution is 0.0376. The molecule has 0 unspecified atom stereocenters. The molecule has 206 valence electrons. The molecule has 0 N–H and O–H groups in total. The number of amides is 1. The van der Waals surface area contributed by atoms with E-state index in [-0.39, 0.29) is 10.8 Å². The Hall–Kier alpha value is -2.37. The number of carbonyl (C=O) groups excluding carboxylic acids is 1. The summed E-state index contributed by atoms with van der Waals surface area (Å²) < 4.78 is 33.7. The largest absolute Gasteiger partial charge is 0.379 e. The van der Waals surface area contributed by atoms with Gasteiger partial charge in [-0.1, -0.05) is 24.7 Å². The van der Waals surface area contributed by atoms with Crippen LogP contribution < -0.4 is 4.90 Å². The van der Waals surface area contributed by atoms with Gasteiger partial charge in [0.15, 0.2) is 5.13 Å². The summed E-state index contributed by atoms with van der Waals surface area (Å²) in [6.07, 6.45) is 2.51. The number of nitrogens with zero attached hydrogens (tertiary/aromatic N) is 4. The quantitative estimate of drug-likeness (QED) is 0.339. The normalized spacial score (nSPS) is 14.9. The van der Waals surface area contributed by atoms with E-state index >= 15 is 0 Å². The maximum atomic E-state index is 13.8. The molecule has 1 saturated heterocycles. The number of sulfonamides is 1. The minimum Gasteiger partial charge on any atom is -0.379 e. The predicted octanol–water partition coefficient (Wildman–Crippen LogP) is 4.70. The van der Waals surface area contributed by atoms with Crippen LogP contribution in [0.4, 0.5) is 5.13 Å². The Labute approximate surface area is 230 Å². The third-order valence-corrected chi connectivity index (χ3v) is 9.98. The van der Waals surface area contributed by atoms with Crippen LogP contribution in [0.3, 0.4) is 0 Å². The van der Waals surface area contributed by atoms with Gasteiger partial charge in [0.2, 0.25) is 10.0 Å². The van der Waals surface area contributed by atoms with E-state index in [9.17, 15) is 13.2 Å². The Balaban J connectivity index is 1.57. The van der Waals surface area contributed by atoms with Gasteiger partial charge in [-0.15, -0.1) is 0 Å². The molecule has 2 aromatic carbocycles. The van der Waals surface area contributed by atoms with Gasteiger partial charge >= 0.3 is 0 Å². The Morgan fingerprint density at radius 3 is 2.42 bits per heavy atom. The Morgan fingerprint density at radius 2 is 1.74 bits per heavy atom. The van der Waals surface area contributed by atoms with Crippen molar-refractivity contribution in [2.24, 2.45) is 0 Å². The van der Waals surface area contributed by atoms with Gasteiger partial charge in [-0.25, -0.2) is 17.7 Å². The molecule has 38 heavy (non-hydrogen) atoms. The van der Waals surface area contributed by atoms with Crippen LogP contribution in [-0.4, -0.2) is 81.5 Å². The summed E-state index contributed by atoms with van der Waals surface area (Å²) in [7, 11) is -2.00. The van der Waals surface area contributed by atoms with E-state index in [0.29, 0.717) is 23.8 Å². The molecule has 1 amide bonds. The lowest BCUT2D eigenvalue weighted by atomic mass is 10.1. The fourth-order valence-corrected chi connectivity index (χ4v) is 6.73. The summed E-state index contributed by atoms with van der Waals surface area (Å²) in [6.45, 7) is 11.3. The van der Waals surface area contributed by atoms with Crippen molar-refractivity contribution in [3.63, 3.8) is 0 Å². The number of rotatable bonds is 11. The number of benzene rings is 2. The number of ether oxygens (including phenoxy) is 1. The molecular formula is C28H38N4O4S2. The topological polar surface area (TPSA) is 83.1 Å². The monoisotopic (exact) mass is 558 g/mol. The molecular weight excluding hydrogens is 520 g/mol. The van der Waals surface area contributed by atoms with Crippen molar-refractivity contribution in [3.05, 3.63) is 53.1 Å². The number of morpholine rings is 1. The average Bonchev–Trinajstić information content (AvgIpc) is 3.32. The van der Waals surface area contributed by atoms with Crippen LogP contribution in [0.1, 0.15) is 47.7 Å². The first-order chi connectivity index (χ1) is 18.2. The first-order valence-electron chi connectivity index (χ1n) is 13.3. The van der Waals surface area contributed by atoms with Crippen LogP contribution in [-0.2, 0) is 14.8 Å². The van der Waals surface area contributed by atoms with E-state index < -0.39 is 10.0 Å². The molecule has 1 fully saturated rings. The van der Waals surface area contributed by atoms with Gasteiger partial charge < -0.3 is 4.74 Å². The molecule has 10 heteroatoms. The first kappa shape index (κ1) is 28.6. The van der Waals surface area contributed by atoms with Crippen LogP contribution in [0.2, 0.25) is 0 Å². The fraction of sp³-hybridized carbons (Fsp3) is 0.500. The smallest absolute Gasteiger partial charge is 0.260 e. The zero-order chi connectivity index (χ0) is 27.3. The highest BCUT2D eigenvalue weighted by molar-refractivity contribution is 7.89. The van der Waals surface area contributed by atoms with Gasteiger partial charge in [0, 0.05) is 45.3 Å². The van der Waals surface area contributed by atoms with Crippen molar-refractivity contribution < 1.29 is 17.9 Å². The summed E-state index contributed by atoms with van der Waals surface area (Å²) >= 11 is 1.51. The van der Waals surface area contributed by atoms with Crippen LogP contribution in [0.15, 0.2) is 41.3 Å². The molecule has 1 aromatic heterocycles. The van der Waals surface area contributed by atoms with Crippen molar-refractivity contribution in [1.29, 1.82) is 0 Å². The highest BCUT2D eigenvalue weighted by Gasteiger charge is 2.24. The van der Waals surface area contributed by atoms with Crippen LogP contribution in [0.5, 0.6) is 0 Å². The average molecular weight is 559 g/mol. The van der Waals surface area contributed by atoms with Crippen molar-refractivity contribution >= 4 is 42.6 Å². The SMILES string of the molecule is CCCCN(C)S(=O)(=O)c1ccc(C(=O)N(CCCN2CCOCC2)c2nc3cc(C)c(C)cc3s2)cc1. The Morgan fingerprint density at radius 1 is 1.05 bits per heavy atom. The minimum absolute atomic E-state index is 0.178. The highest BCUT2D eigenvalue weighted by Crippen LogP contribution is 2.32. The van der Waals surface area contributed by atoms with E-state index in [1.54, 1.807) is 24.1 Å². The summed E-state index contributed by atoms with van der Waals surface area (Å²) in [4.78, 5) is 22.9. The minimum atomic E-state index is -3.60. The molecule has 0 saturated carbocycles. The number of unbranched alkanes of at least 4 members (excludes halogenated alkanes) is 1. The van der Waals surface area contributed by atoms with Gasteiger partial charge in [0.1, 0.15) is 0 Å². The van der Waals surface area contributed by atoms with Crippen molar-refractivity contribution in [2.75, 3.05) is 57.9 Å². The maximum Gasteiger partial charge on any atom is 0.260 e. The molecule has 3 aromatic rings. The molecule has 0 radical (unpaired) electrons. The first-order valence-corrected chi connectivity index (χ1v) is 15.5. The zero-order valence-electron chi connectivity index (χ0n) is 22.8. The summed E-state index contributed by atoms with van der Waals surface area (Å²) in [6, 6.07) is 10.5. The standard InChI is InChI=1S/C28H38N4O4S2/c1-5-6-12-30(4)38(34,35)24-10-8-23(9-11-24)27(33)32(14-7-13-31-15-17-36-18-16-31)28-29-25-19-21(2)22(3)20-26(25)37-28/h8-11,19-20H,5-7,12-18H2,1-4H3. The van der Waals surface area contributed by atoms with E-state index in [2.05, 4.69) is 30.9 Å². The molecule has 4 rings (SSSR count). The summed E-state index contributed by atoms with van der Waals surface area (Å²) in [5.41, 5.74) is 3.69. The van der Waals surface area contributed by atoms with Gasteiger partial charge in [-0.3, -0.25) is 14.6 Å². The van der Waals surface area contributed by atoms with Crippen molar-refractivity contribution in [1.82, 2.24) is 14.2 Å². The number of anilines is 1. The number of hydrogen-bond acceptors (Lipinski definition) is 7. The van der Waals surface area contributed by atoms with Crippen molar-refractivity contribution in [2.45, 2.75) is 44.9 Å². The highest BCUT2D eigenvalue weighted by atomic mass is 32.2. The van der Waals surface area contributed by atoms with Crippen LogP contribution in [0.25, 0.3) is 10.2 Å². The second kappa shape index (κ2) is 12.7. The molecule has 0 aliphatic carbocycles. The van der Waals surface area contributed by atoms with Crippen LogP contribution in [0, 0.1) is 13.8 Å². The zero-order valence-corrected chi connectivity index (χ0v) is 24.4. The van der Waals surface area contributed by atoms with E-state index in [4.69, 9.17) is 9.72 Å². The van der Waals surface area contributed by atoms with E-state index in [1.807, 2.05) is 6.92 Å². The van der Waals surface area contributed by atoms with E-state index in [0.717, 1.165) is 62.3 Å². The molecule has 0 spiro atoms. The lowest BCUT2D eigenvalue weighted by Crippen LogP contribution is -2.39. The second-order valence-electron chi connectivity index (χ2n) is 9.87. The second-order valence-corrected chi connectivity index (χ2v) is 12.9. The van der Waals surface area contributed by atoms with Gasteiger partial charge in [-0.2, -0.15) is 0 Å².